The number of hydrogen-bond acceptors (Lipinski definition) is 5. The normalized spacial score (nSPS) is 16.4. The summed E-state index contributed by atoms with van der Waals surface area (Å²) in [4.78, 5) is 26.6. The minimum absolute atomic E-state index is 0.332. The number of nitrogens with zero attached hydrogens (tertiary/aromatic N) is 1. The first kappa shape index (κ1) is 20.5. The van der Waals surface area contributed by atoms with Crippen LogP contribution in [-0.2, 0) is 15.0 Å². The van der Waals surface area contributed by atoms with Crippen molar-refractivity contribution in [3.8, 4) is 0 Å². The van der Waals surface area contributed by atoms with Crippen molar-refractivity contribution in [2.75, 3.05) is 13.1 Å². The number of rotatable bonds is 2. The second-order valence-corrected chi connectivity index (χ2v) is 10.1. The Kier molecular flexibility index (Phi) is 5.08. The Balaban J connectivity index is 1.88. The van der Waals surface area contributed by atoms with Crippen LogP contribution in [0, 0.1) is 0 Å². The molecule has 1 saturated heterocycles. The van der Waals surface area contributed by atoms with E-state index in [1.807, 2.05) is 65.1 Å². The number of ether oxygens (including phenoxy) is 2. The summed E-state index contributed by atoms with van der Waals surface area (Å²) in [6.07, 6.45) is -0.877. The SMILES string of the molecule is CC(C)(C)OC(=O)NC1(c2cccc3ccsc23)CN(C(=O)OC(C)(C)C)C1. The van der Waals surface area contributed by atoms with E-state index in [2.05, 4.69) is 11.4 Å². The number of likely N-dealkylation sites (tertiary alicyclic amines) is 1. The van der Waals surface area contributed by atoms with E-state index >= 15 is 0 Å². The van der Waals surface area contributed by atoms with E-state index in [-0.39, 0.29) is 6.09 Å². The molecule has 0 bridgehead atoms. The highest BCUT2D eigenvalue weighted by atomic mass is 32.1. The predicted molar refractivity (Wildman–Crippen MR) is 111 cm³/mol. The average molecular weight is 405 g/mol. The third-order valence-electron chi connectivity index (χ3n) is 4.31. The highest BCUT2D eigenvalue weighted by Gasteiger charge is 2.50. The third-order valence-corrected chi connectivity index (χ3v) is 5.27. The zero-order valence-electron chi connectivity index (χ0n) is 17.3. The van der Waals surface area contributed by atoms with Gasteiger partial charge in [-0.25, -0.2) is 9.59 Å². The quantitative estimate of drug-likeness (QED) is 0.775. The average Bonchev–Trinajstić information content (AvgIpc) is 2.95. The first-order valence-electron chi connectivity index (χ1n) is 9.34. The topological polar surface area (TPSA) is 67.9 Å². The number of hydrogen-bond donors (Lipinski definition) is 1. The molecular weight excluding hydrogens is 376 g/mol. The number of carbonyl (C=O) groups is 2. The molecule has 1 aliphatic heterocycles. The van der Waals surface area contributed by atoms with Gasteiger partial charge in [-0.05, 0) is 63.9 Å². The van der Waals surface area contributed by atoms with Gasteiger partial charge in [-0.2, -0.15) is 0 Å². The lowest BCUT2D eigenvalue weighted by molar-refractivity contribution is -0.0226. The highest BCUT2D eigenvalue weighted by molar-refractivity contribution is 7.17. The van der Waals surface area contributed by atoms with Gasteiger partial charge in [0.1, 0.15) is 16.7 Å². The molecule has 0 spiro atoms. The fourth-order valence-corrected chi connectivity index (χ4v) is 4.26. The maximum Gasteiger partial charge on any atom is 0.410 e. The summed E-state index contributed by atoms with van der Waals surface area (Å²) in [5.74, 6) is 0. The first-order chi connectivity index (χ1) is 12.9. The molecular formula is C21H28N2O4S. The summed E-state index contributed by atoms with van der Waals surface area (Å²) in [5, 5.41) is 6.17. The van der Waals surface area contributed by atoms with Gasteiger partial charge in [0.2, 0.25) is 0 Å². The number of benzene rings is 1. The van der Waals surface area contributed by atoms with Crippen molar-refractivity contribution >= 4 is 33.6 Å². The summed E-state index contributed by atoms with van der Waals surface area (Å²) in [5.41, 5.74) is -0.884. The van der Waals surface area contributed by atoms with Crippen LogP contribution in [0.1, 0.15) is 47.1 Å². The summed E-state index contributed by atoms with van der Waals surface area (Å²) in [6, 6.07) is 8.07. The Bertz CT molecular complexity index is 886. The lowest BCUT2D eigenvalue weighted by Crippen LogP contribution is -2.69. The number of carbonyl (C=O) groups excluding carboxylic acids is 2. The van der Waals surface area contributed by atoms with Gasteiger partial charge in [-0.15, -0.1) is 11.3 Å². The van der Waals surface area contributed by atoms with Gasteiger partial charge in [0.05, 0.1) is 13.1 Å². The molecule has 6 nitrogen and oxygen atoms in total. The summed E-state index contributed by atoms with van der Waals surface area (Å²) >= 11 is 1.62. The molecule has 1 aliphatic rings. The Labute approximate surface area is 169 Å². The van der Waals surface area contributed by atoms with Crippen molar-refractivity contribution in [1.29, 1.82) is 0 Å². The molecule has 2 heterocycles. The molecule has 1 aromatic carbocycles. The molecule has 1 fully saturated rings. The van der Waals surface area contributed by atoms with E-state index in [0.717, 1.165) is 15.6 Å². The summed E-state index contributed by atoms with van der Waals surface area (Å²) < 4.78 is 12.1. The van der Waals surface area contributed by atoms with E-state index < -0.39 is 22.8 Å². The molecule has 0 atom stereocenters. The molecule has 0 aliphatic carbocycles. The number of alkyl carbamates (subject to hydrolysis) is 1. The summed E-state index contributed by atoms with van der Waals surface area (Å²) in [6.45, 7) is 11.7. The molecule has 2 aromatic rings. The number of thiophene rings is 1. The van der Waals surface area contributed by atoms with E-state index in [0.29, 0.717) is 13.1 Å². The predicted octanol–water partition coefficient (Wildman–Crippen LogP) is 4.87. The van der Waals surface area contributed by atoms with Crippen LogP contribution in [0.2, 0.25) is 0 Å². The second-order valence-electron chi connectivity index (χ2n) is 9.19. The van der Waals surface area contributed by atoms with Gasteiger partial charge in [0, 0.05) is 4.70 Å². The van der Waals surface area contributed by atoms with Crippen LogP contribution in [0.4, 0.5) is 9.59 Å². The monoisotopic (exact) mass is 404 g/mol. The number of amides is 2. The minimum atomic E-state index is -0.705. The van der Waals surface area contributed by atoms with Gasteiger partial charge >= 0.3 is 12.2 Å². The summed E-state index contributed by atoms with van der Waals surface area (Å²) in [7, 11) is 0. The van der Waals surface area contributed by atoms with Gasteiger partial charge < -0.3 is 19.7 Å². The molecule has 0 unspecified atom stereocenters. The molecule has 0 saturated carbocycles. The Morgan fingerprint density at radius 2 is 1.68 bits per heavy atom. The number of fused-ring (bicyclic) bond motifs is 1. The lowest BCUT2D eigenvalue weighted by Gasteiger charge is -2.50. The fraction of sp³-hybridized carbons (Fsp3) is 0.524. The van der Waals surface area contributed by atoms with E-state index in [1.54, 1.807) is 16.2 Å². The Hall–Kier alpha value is -2.28. The zero-order valence-corrected chi connectivity index (χ0v) is 18.1. The smallest absolute Gasteiger partial charge is 0.410 e. The highest BCUT2D eigenvalue weighted by Crippen LogP contribution is 2.39. The maximum atomic E-state index is 12.6. The molecule has 1 aromatic heterocycles. The standard InChI is InChI=1S/C21H28N2O4S/c1-19(2,3)26-17(24)22-21(12-23(13-21)18(25)27-20(4,5)6)15-9-7-8-14-10-11-28-16(14)15/h7-11H,12-13H2,1-6H3,(H,22,24). The van der Waals surface area contributed by atoms with Crippen molar-refractivity contribution in [3.05, 3.63) is 35.2 Å². The van der Waals surface area contributed by atoms with Crippen LogP contribution in [0.5, 0.6) is 0 Å². The molecule has 28 heavy (non-hydrogen) atoms. The van der Waals surface area contributed by atoms with Crippen molar-refractivity contribution in [1.82, 2.24) is 10.2 Å². The van der Waals surface area contributed by atoms with Crippen molar-refractivity contribution < 1.29 is 19.1 Å². The minimum Gasteiger partial charge on any atom is -0.444 e. The lowest BCUT2D eigenvalue weighted by atomic mass is 9.82. The zero-order chi connectivity index (χ0) is 20.7. The van der Waals surface area contributed by atoms with Crippen LogP contribution >= 0.6 is 11.3 Å². The van der Waals surface area contributed by atoms with Gasteiger partial charge in [0.25, 0.3) is 0 Å². The Morgan fingerprint density at radius 1 is 1.04 bits per heavy atom. The molecule has 2 amide bonds. The van der Waals surface area contributed by atoms with E-state index in [4.69, 9.17) is 9.47 Å². The van der Waals surface area contributed by atoms with Crippen LogP contribution in [0.15, 0.2) is 29.6 Å². The molecule has 1 N–H and O–H groups in total. The van der Waals surface area contributed by atoms with Crippen LogP contribution < -0.4 is 5.32 Å². The maximum absolute atomic E-state index is 12.6. The van der Waals surface area contributed by atoms with Crippen LogP contribution in [-0.4, -0.2) is 41.4 Å². The van der Waals surface area contributed by atoms with Gasteiger partial charge in [-0.1, -0.05) is 18.2 Å². The molecule has 3 rings (SSSR count). The second kappa shape index (κ2) is 6.95. The number of nitrogens with one attached hydrogen (secondary N) is 1. The largest absolute Gasteiger partial charge is 0.444 e. The van der Waals surface area contributed by atoms with Crippen LogP contribution in [0.25, 0.3) is 10.1 Å². The van der Waals surface area contributed by atoms with Crippen molar-refractivity contribution in [3.63, 3.8) is 0 Å². The van der Waals surface area contributed by atoms with Crippen molar-refractivity contribution in [2.45, 2.75) is 58.3 Å². The fourth-order valence-electron chi connectivity index (χ4n) is 3.25. The Morgan fingerprint density at radius 3 is 2.29 bits per heavy atom. The van der Waals surface area contributed by atoms with E-state index in [1.165, 1.54) is 0 Å². The third kappa shape index (κ3) is 4.41. The van der Waals surface area contributed by atoms with Crippen molar-refractivity contribution in [2.24, 2.45) is 0 Å². The first-order valence-corrected chi connectivity index (χ1v) is 10.2. The molecule has 7 heteroatoms. The molecule has 0 radical (unpaired) electrons. The van der Waals surface area contributed by atoms with E-state index in [9.17, 15) is 9.59 Å². The van der Waals surface area contributed by atoms with Gasteiger partial charge in [0.15, 0.2) is 0 Å². The van der Waals surface area contributed by atoms with Crippen LogP contribution in [0.3, 0.4) is 0 Å². The van der Waals surface area contributed by atoms with Gasteiger partial charge in [-0.3, -0.25) is 0 Å². The molecule has 152 valence electrons.